The summed E-state index contributed by atoms with van der Waals surface area (Å²) in [5.41, 5.74) is 1.11. The predicted octanol–water partition coefficient (Wildman–Crippen LogP) is 1.71. The van der Waals surface area contributed by atoms with Gasteiger partial charge in [-0.15, -0.1) is 11.8 Å². The second kappa shape index (κ2) is 2.14. The molecule has 0 saturated carbocycles. The topological polar surface area (TPSA) is 20.3 Å². The van der Waals surface area contributed by atoms with E-state index in [4.69, 9.17) is 0 Å². The lowest BCUT2D eigenvalue weighted by atomic mass is 10.2. The average Bonchev–Trinajstić information content (AvgIpc) is 1.97. The number of nitrogens with zero attached hydrogens (tertiary/aromatic N) is 1. The molecule has 0 aromatic carbocycles. The number of carbonyl (C=O) groups excluding carboxylic acids is 1. The maximum Gasteiger partial charge on any atom is 0.230 e. The van der Waals surface area contributed by atoms with E-state index in [1.807, 2.05) is 13.1 Å². The van der Waals surface area contributed by atoms with Crippen LogP contribution in [0.25, 0.3) is 0 Å². The SMILES string of the molecule is C=C1S[C@H]2CC(=O)N2C=C1C. The van der Waals surface area contributed by atoms with E-state index < -0.39 is 0 Å². The Morgan fingerprint density at radius 3 is 3.18 bits per heavy atom. The van der Waals surface area contributed by atoms with Crippen molar-refractivity contribution in [2.75, 3.05) is 0 Å². The minimum absolute atomic E-state index is 0.231. The Bertz CT molecular complexity index is 269. The van der Waals surface area contributed by atoms with Gasteiger partial charge in [0.2, 0.25) is 5.91 Å². The second-order valence-electron chi connectivity index (χ2n) is 2.81. The van der Waals surface area contributed by atoms with Crippen molar-refractivity contribution in [1.82, 2.24) is 4.90 Å². The Morgan fingerprint density at radius 2 is 2.55 bits per heavy atom. The van der Waals surface area contributed by atoms with Crippen LogP contribution in [-0.4, -0.2) is 16.2 Å². The highest BCUT2D eigenvalue weighted by molar-refractivity contribution is 8.04. The van der Waals surface area contributed by atoms with E-state index in [1.165, 1.54) is 0 Å². The van der Waals surface area contributed by atoms with Crippen molar-refractivity contribution in [3.63, 3.8) is 0 Å². The van der Waals surface area contributed by atoms with Crippen LogP contribution in [0.5, 0.6) is 0 Å². The monoisotopic (exact) mass is 167 g/mol. The van der Waals surface area contributed by atoms with Gasteiger partial charge in [-0.1, -0.05) is 6.58 Å². The molecule has 1 atom stereocenters. The van der Waals surface area contributed by atoms with Crippen LogP contribution in [0.1, 0.15) is 13.3 Å². The van der Waals surface area contributed by atoms with Crippen molar-refractivity contribution in [3.05, 3.63) is 23.3 Å². The molecule has 0 spiro atoms. The van der Waals surface area contributed by atoms with Gasteiger partial charge in [-0.25, -0.2) is 0 Å². The number of thioether (sulfide) groups is 1. The lowest BCUT2D eigenvalue weighted by Gasteiger charge is -2.41. The normalized spacial score (nSPS) is 29.4. The molecule has 0 bridgehead atoms. The van der Waals surface area contributed by atoms with Crippen LogP contribution in [0.3, 0.4) is 0 Å². The third-order valence-electron chi connectivity index (χ3n) is 2.00. The lowest BCUT2D eigenvalue weighted by Crippen LogP contribution is -2.48. The minimum Gasteiger partial charge on any atom is -0.305 e. The summed E-state index contributed by atoms with van der Waals surface area (Å²) in [6.45, 7) is 5.88. The second-order valence-corrected chi connectivity index (χ2v) is 4.09. The van der Waals surface area contributed by atoms with Gasteiger partial charge in [0.05, 0.1) is 11.8 Å². The van der Waals surface area contributed by atoms with Crippen molar-refractivity contribution >= 4 is 17.7 Å². The maximum absolute atomic E-state index is 11.0. The van der Waals surface area contributed by atoms with E-state index in [1.54, 1.807) is 16.7 Å². The fourth-order valence-electron chi connectivity index (χ4n) is 1.19. The third-order valence-corrected chi connectivity index (χ3v) is 3.27. The molecule has 1 fully saturated rings. The van der Waals surface area contributed by atoms with Crippen molar-refractivity contribution in [1.29, 1.82) is 0 Å². The maximum atomic E-state index is 11.0. The Balaban J connectivity index is 2.27. The fraction of sp³-hybridized carbons (Fsp3) is 0.375. The first-order chi connectivity index (χ1) is 5.18. The molecule has 2 nitrogen and oxygen atoms in total. The number of allylic oxidation sites excluding steroid dienone is 1. The summed E-state index contributed by atoms with van der Waals surface area (Å²) in [4.78, 5) is 13.8. The highest BCUT2D eigenvalue weighted by atomic mass is 32.2. The summed E-state index contributed by atoms with van der Waals surface area (Å²) in [5, 5.41) is 0.346. The van der Waals surface area contributed by atoms with Gasteiger partial charge in [0.1, 0.15) is 0 Å². The standard InChI is InChI=1S/C8H9NOS/c1-5-4-9-7(10)3-8(9)11-6(5)2/h4,8H,2-3H2,1H3/t8-/m0/s1. The molecule has 2 aliphatic rings. The molecule has 3 heteroatoms. The van der Waals surface area contributed by atoms with Crippen LogP contribution in [-0.2, 0) is 4.79 Å². The van der Waals surface area contributed by atoms with Gasteiger partial charge in [0.15, 0.2) is 0 Å². The molecule has 1 saturated heterocycles. The number of rotatable bonds is 0. The van der Waals surface area contributed by atoms with Crippen molar-refractivity contribution < 1.29 is 4.79 Å². The van der Waals surface area contributed by atoms with E-state index in [9.17, 15) is 4.79 Å². The summed E-state index contributed by atoms with van der Waals surface area (Å²) in [6, 6.07) is 0. The molecule has 2 aliphatic heterocycles. The van der Waals surface area contributed by atoms with E-state index in [-0.39, 0.29) is 5.91 Å². The fourth-order valence-corrected chi connectivity index (χ4v) is 2.28. The van der Waals surface area contributed by atoms with Gasteiger partial charge < -0.3 is 4.90 Å². The van der Waals surface area contributed by atoms with Crippen LogP contribution in [0.15, 0.2) is 23.3 Å². The Hall–Kier alpha value is -0.700. The zero-order valence-corrected chi connectivity index (χ0v) is 7.15. The summed E-state index contributed by atoms with van der Waals surface area (Å²) < 4.78 is 0. The average molecular weight is 167 g/mol. The molecule has 0 unspecified atom stereocenters. The largest absolute Gasteiger partial charge is 0.305 e. The number of amides is 1. The Kier molecular flexibility index (Phi) is 1.36. The van der Waals surface area contributed by atoms with Crippen LogP contribution in [0.4, 0.5) is 0 Å². The molecular formula is C8H9NOS. The zero-order chi connectivity index (χ0) is 8.01. The van der Waals surface area contributed by atoms with Gasteiger partial charge in [0.25, 0.3) is 0 Å². The van der Waals surface area contributed by atoms with Crippen LogP contribution >= 0.6 is 11.8 Å². The van der Waals surface area contributed by atoms with Gasteiger partial charge in [-0.3, -0.25) is 4.79 Å². The molecule has 0 N–H and O–H groups in total. The first kappa shape index (κ1) is 6.98. The summed E-state index contributed by atoms with van der Waals surface area (Å²) in [7, 11) is 0. The number of hydrogen-bond acceptors (Lipinski definition) is 2. The lowest BCUT2D eigenvalue weighted by molar-refractivity contribution is -0.137. The number of fused-ring (bicyclic) bond motifs is 1. The Morgan fingerprint density at radius 1 is 1.82 bits per heavy atom. The number of carbonyl (C=O) groups is 1. The van der Waals surface area contributed by atoms with E-state index >= 15 is 0 Å². The number of hydrogen-bond donors (Lipinski definition) is 0. The smallest absolute Gasteiger partial charge is 0.230 e. The third kappa shape index (κ3) is 0.913. The van der Waals surface area contributed by atoms with E-state index in [0.29, 0.717) is 11.8 Å². The van der Waals surface area contributed by atoms with Gasteiger partial charge >= 0.3 is 0 Å². The van der Waals surface area contributed by atoms with Gasteiger partial charge in [-0.2, -0.15) is 0 Å². The quantitative estimate of drug-likeness (QED) is 0.512. The molecule has 0 radical (unpaired) electrons. The highest BCUT2D eigenvalue weighted by Gasteiger charge is 2.38. The van der Waals surface area contributed by atoms with Crippen LogP contribution < -0.4 is 0 Å². The molecule has 1 amide bonds. The van der Waals surface area contributed by atoms with Crippen molar-refractivity contribution in [3.8, 4) is 0 Å². The molecule has 2 heterocycles. The molecule has 58 valence electrons. The van der Waals surface area contributed by atoms with Crippen molar-refractivity contribution in [2.45, 2.75) is 18.7 Å². The van der Waals surface area contributed by atoms with E-state index in [2.05, 4.69) is 6.58 Å². The molecular weight excluding hydrogens is 158 g/mol. The van der Waals surface area contributed by atoms with Gasteiger partial charge in [-0.05, 0) is 12.5 Å². The van der Waals surface area contributed by atoms with Crippen molar-refractivity contribution in [2.24, 2.45) is 0 Å². The molecule has 0 aromatic rings. The molecule has 0 aromatic heterocycles. The summed E-state index contributed by atoms with van der Waals surface area (Å²) in [6.07, 6.45) is 2.57. The van der Waals surface area contributed by atoms with Gasteiger partial charge in [0, 0.05) is 11.1 Å². The first-order valence-corrected chi connectivity index (χ1v) is 4.42. The molecule has 11 heavy (non-hydrogen) atoms. The Labute approximate surface area is 69.9 Å². The zero-order valence-electron chi connectivity index (χ0n) is 6.33. The highest BCUT2D eigenvalue weighted by Crippen LogP contribution is 2.41. The summed E-state index contributed by atoms with van der Waals surface area (Å²) in [5.74, 6) is 0.231. The predicted molar refractivity (Wildman–Crippen MR) is 45.7 cm³/mol. The van der Waals surface area contributed by atoms with Crippen LogP contribution in [0, 0.1) is 0 Å². The minimum atomic E-state index is 0.231. The van der Waals surface area contributed by atoms with Crippen LogP contribution in [0.2, 0.25) is 0 Å². The summed E-state index contributed by atoms with van der Waals surface area (Å²) >= 11 is 1.69. The molecule has 0 aliphatic carbocycles. The molecule has 2 rings (SSSR count). The van der Waals surface area contributed by atoms with E-state index in [0.717, 1.165) is 10.5 Å². The first-order valence-electron chi connectivity index (χ1n) is 3.54. The number of β-lactam (4-membered cyclic amide) rings is 1.